The van der Waals surface area contributed by atoms with Gasteiger partial charge in [-0.15, -0.1) is 10.2 Å². The van der Waals surface area contributed by atoms with Crippen molar-refractivity contribution in [2.75, 3.05) is 0 Å². The van der Waals surface area contributed by atoms with E-state index in [9.17, 15) is 0 Å². The minimum atomic E-state index is 0.0538. The molecule has 1 saturated carbocycles. The van der Waals surface area contributed by atoms with Crippen molar-refractivity contribution in [3.63, 3.8) is 0 Å². The molecule has 1 atom stereocenters. The Morgan fingerprint density at radius 3 is 2.93 bits per heavy atom. The van der Waals surface area contributed by atoms with Gasteiger partial charge < -0.3 is 10.3 Å². The molecule has 1 aliphatic rings. The molecule has 15 heavy (non-hydrogen) atoms. The third-order valence-corrected chi connectivity index (χ3v) is 3.25. The van der Waals surface area contributed by atoms with Crippen LogP contribution in [0.1, 0.15) is 63.4 Å². The normalized spacial score (nSPS) is 19.6. The number of hydrogen-bond acceptors (Lipinski definition) is 3. The van der Waals surface area contributed by atoms with E-state index in [-0.39, 0.29) is 6.04 Å². The van der Waals surface area contributed by atoms with Crippen LogP contribution in [0.4, 0.5) is 0 Å². The molecule has 4 nitrogen and oxygen atoms in total. The van der Waals surface area contributed by atoms with E-state index in [1.807, 2.05) is 6.33 Å². The lowest BCUT2D eigenvalue weighted by Crippen LogP contribution is -2.18. The van der Waals surface area contributed by atoms with E-state index in [0.29, 0.717) is 6.04 Å². The largest absolute Gasteiger partial charge is 0.321 e. The molecule has 84 valence electrons. The fourth-order valence-electron chi connectivity index (χ4n) is 2.42. The highest BCUT2D eigenvalue weighted by Gasteiger charge is 2.22. The van der Waals surface area contributed by atoms with Gasteiger partial charge in [-0.25, -0.2) is 0 Å². The van der Waals surface area contributed by atoms with Crippen LogP contribution in [0.2, 0.25) is 0 Å². The van der Waals surface area contributed by atoms with Crippen LogP contribution in [-0.2, 0) is 0 Å². The molecule has 2 N–H and O–H groups in total. The zero-order valence-electron chi connectivity index (χ0n) is 9.39. The minimum absolute atomic E-state index is 0.0538. The van der Waals surface area contributed by atoms with Crippen LogP contribution in [0.15, 0.2) is 6.33 Å². The van der Waals surface area contributed by atoms with Gasteiger partial charge in [0.15, 0.2) is 0 Å². The number of nitrogens with two attached hydrogens (primary N) is 1. The van der Waals surface area contributed by atoms with E-state index in [4.69, 9.17) is 5.73 Å². The molecule has 0 aliphatic heterocycles. The Balaban J connectivity index is 2.13. The van der Waals surface area contributed by atoms with Crippen LogP contribution in [0.3, 0.4) is 0 Å². The van der Waals surface area contributed by atoms with Crippen molar-refractivity contribution in [1.82, 2.24) is 14.8 Å². The number of hydrogen-bond donors (Lipinski definition) is 1. The molecular formula is C11H20N4. The van der Waals surface area contributed by atoms with Gasteiger partial charge in [-0.1, -0.05) is 26.2 Å². The van der Waals surface area contributed by atoms with Crippen molar-refractivity contribution in [2.24, 2.45) is 5.73 Å². The molecule has 1 unspecified atom stereocenters. The third-order valence-electron chi connectivity index (χ3n) is 3.25. The first-order chi connectivity index (χ1) is 7.33. The van der Waals surface area contributed by atoms with Gasteiger partial charge in [0.25, 0.3) is 0 Å². The molecule has 0 amide bonds. The van der Waals surface area contributed by atoms with E-state index < -0.39 is 0 Å². The van der Waals surface area contributed by atoms with Gasteiger partial charge in [0.2, 0.25) is 0 Å². The highest BCUT2D eigenvalue weighted by atomic mass is 15.3. The fraction of sp³-hybridized carbons (Fsp3) is 0.818. The molecule has 1 aromatic heterocycles. The third kappa shape index (κ3) is 2.20. The van der Waals surface area contributed by atoms with Crippen LogP contribution in [0.25, 0.3) is 0 Å². The van der Waals surface area contributed by atoms with Gasteiger partial charge in [0.05, 0.1) is 6.04 Å². The first kappa shape index (κ1) is 10.6. The summed E-state index contributed by atoms with van der Waals surface area (Å²) < 4.78 is 2.20. The van der Waals surface area contributed by atoms with E-state index in [0.717, 1.165) is 18.7 Å². The number of nitrogens with zero attached hydrogens (tertiary/aromatic N) is 3. The maximum Gasteiger partial charge on any atom is 0.150 e. The average Bonchev–Trinajstić information content (AvgIpc) is 2.88. The summed E-state index contributed by atoms with van der Waals surface area (Å²) in [4.78, 5) is 0. The molecule has 0 radical (unpaired) electrons. The summed E-state index contributed by atoms with van der Waals surface area (Å²) in [5.41, 5.74) is 6.10. The topological polar surface area (TPSA) is 56.7 Å². The standard InChI is InChI=1S/C11H20N4/c1-2-5-10(12)11-14-13-8-15(11)9-6-3-4-7-9/h8-10H,2-7,12H2,1H3. The van der Waals surface area contributed by atoms with Crippen molar-refractivity contribution >= 4 is 0 Å². The van der Waals surface area contributed by atoms with Gasteiger partial charge in [-0.3, -0.25) is 0 Å². The van der Waals surface area contributed by atoms with Crippen molar-refractivity contribution in [2.45, 2.75) is 57.5 Å². The first-order valence-electron chi connectivity index (χ1n) is 5.98. The first-order valence-corrected chi connectivity index (χ1v) is 5.98. The fourth-order valence-corrected chi connectivity index (χ4v) is 2.42. The number of rotatable bonds is 4. The molecule has 0 aromatic carbocycles. The highest BCUT2D eigenvalue weighted by Crippen LogP contribution is 2.31. The van der Waals surface area contributed by atoms with Gasteiger partial charge in [-0.05, 0) is 19.3 Å². The van der Waals surface area contributed by atoms with Crippen molar-refractivity contribution in [3.8, 4) is 0 Å². The van der Waals surface area contributed by atoms with E-state index in [1.165, 1.54) is 25.7 Å². The Morgan fingerprint density at radius 2 is 2.27 bits per heavy atom. The lowest BCUT2D eigenvalue weighted by molar-refractivity contribution is 0.465. The summed E-state index contributed by atoms with van der Waals surface area (Å²) in [6.45, 7) is 2.15. The minimum Gasteiger partial charge on any atom is -0.321 e. The Labute approximate surface area is 90.9 Å². The summed E-state index contributed by atoms with van der Waals surface area (Å²) in [5.74, 6) is 0.976. The van der Waals surface area contributed by atoms with Crippen molar-refractivity contribution < 1.29 is 0 Å². The maximum atomic E-state index is 6.10. The summed E-state index contributed by atoms with van der Waals surface area (Å²) in [6.07, 6.45) is 9.09. The molecule has 1 fully saturated rings. The summed E-state index contributed by atoms with van der Waals surface area (Å²) in [6, 6.07) is 0.649. The molecule has 1 aromatic rings. The van der Waals surface area contributed by atoms with Crippen molar-refractivity contribution in [1.29, 1.82) is 0 Å². The van der Waals surface area contributed by atoms with Crippen LogP contribution in [0.5, 0.6) is 0 Å². The molecule has 4 heteroatoms. The molecule has 1 heterocycles. The highest BCUT2D eigenvalue weighted by molar-refractivity contribution is 4.97. The SMILES string of the molecule is CCCC(N)c1nncn1C1CCCC1. The second kappa shape index (κ2) is 4.75. The Kier molecular flexibility index (Phi) is 3.36. The lowest BCUT2D eigenvalue weighted by Gasteiger charge is -2.17. The quantitative estimate of drug-likeness (QED) is 0.825. The molecule has 0 bridgehead atoms. The maximum absolute atomic E-state index is 6.10. The van der Waals surface area contributed by atoms with E-state index in [2.05, 4.69) is 21.7 Å². The Bertz CT molecular complexity index is 301. The molecule has 2 rings (SSSR count). The second-order valence-corrected chi connectivity index (χ2v) is 4.43. The predicted octanol–water partition coefficient (Wildman–Crippen LogP) is 2.19. The zero-order chi connectivity index (χ0) is 10.7. The summed E-state index contributed by atoms with van der Waals surface area (Å²) >= 11 is 0. The van der Waals surface area contributed by atoms with E-state index >= 15 is 0 Å². The molecule has 1 aliphatic carbocycles. The predicted molar refractivity (Wildman–Crippen MR) is 59.4 cm³/mol. The van der Waals surface area contributed by atoms with Gasteiger partial charge >= 0.3 is 0 Å². The summed E-state index contributed by atoms with van der Waals surface area (Å²) in [5, 5.41) is 8.17. The van der Waals surface area contributed by atoms with Gasteiger partial charge in [-0.2, -0.15) is 0 Å². The lowest BCUT2D eigenvalue weighted by atomic mass is 10.1. The average molecular weight is 208 g/mol. The van der Waals surface area contributed by atoms with Crippen LogP contribution < -0.4 is 5.73 Å². The van der Waals surface area contributed by atoms with Crippen LogP contribution in [-0.4, -0.2) is 14.8 Å². The van der Waals surface area contributed by atoms with Crippen molar-refractivity contribution in [3.05, 3.63) is 12.2 Å². The van der Waals surface area contributed by atoms with Crippen LogP contribution >= 0.6 is 0 Å². The van der Waals surface area contributed by atoms with Gasteiger partial charge in [0.1, 0.15) is 12.2 Å². The Morgan fingerprint density at radius 1 is 1.53 bits per heavy atom. The molecule has 0 saturated heterocycles. The second-order valence-electron chi connectivity index (χ2n) is 4.43. The molecular weight excluding hydrogens is 188 g/mol. The molecule has 0 spiro atoms. The number of aromatic nitrogens is 3. The zero-order valence-corrected chi connectivity index (χ0v) is 9.39. The summed E-state index contributed by atoms with van der Waals surface area (Å²) in [7, 11) is 0. The van der Waals surface area contributed by atoms with E-state index in [1.54, 1.807) is 0 Å². The van der Waals surface area contributed by atoms with Gasteiger partial charge in [0, 0.05) is 6.04 Å². The smallest absolute Gasteiger partial charge is 0.150 e. The monoisotopic (exact) mass is 208 g/mol. The Hall–Kier alpha value is -0.900. The van der Waals surface area contributed by atoms with Crippen LogP contribution in [0, 0.1) is 0 Å².